The first-order chi connectivity index (χ1) is 7.75. The molecule has 0 saturated carbocycles. The van der Waals surface area contributed by atoms with Crippen LogP contribution in [0, 0.1) is 5.92 Å². The van der Waals surface area contributed by atoms with Crippen molar-refractivity contribution in [1.82, 2.24) is 16.0 Å². The lowest BCUT2D eigenvalue weighted by atomic mass is 10.0. The van der Waals surface area contributed by atoms with E-state index in [1.807, 2.05) is 0 Å². The van der Waals surface area contributed by atoms with Gasteiger partial charge in [-0.15, -0.1) is 0 Å². The molecule has 2 aliphatic heterocycles. The highest BCUT2D eigenvalue weighted by atomic mass is 16.2. The molecular formula is C11H19N3O2. The molecule has 16 heavy (non-hydrogen) atoms. The summed E-state index contributed by atoms with van der Waals surface area (Å²) in [5, 5.41) is 8.81. The van der Waals surface area contributed by atoms with Crippen molar-refractivity contribution in [3.63, 3.8) is 0 Å². The zero-order chi connectivity index (χ0) is 11.4. The molecule has 3 N–H and O–H groups in total. The van der Waals surface area contributed by atoms with E-state index in [0.29, 0.717) is 12.3 Å². The number of hydrogen-bond donors (Lipinski definition) is 3. The minimum atomic E-state index is -0.310. The number of nitrogens with one attached hydrogen (secondary N) is 3. The Kier molecular flexibility index (Phi) is 3.77. The van der Waals surface area contributed by atoms with Crippen LogP contribution in [0.15, 0.2) is 0 Å². The third kappa shape index (κ3) is 2.95. The Morgan fingerprint density at radius 1 is 1.38 bits per heavy atom. The van der Waals surface area contributed by atoms with E-state index < -0.39 is 0 Å². The molecule has 0 radical (unpaired) electrons. The molecule has 5 heteroatoms. The molecule has 90 valence electrons. The van der Waals surface area contributed by atoms with Gasteiger partial charge in [0.25, 0.3) is 0 Å². The molecule has 2 heterocycles. The molecule has 0 aromatic carbocycles. The maximum Gasteiger partial charge on any atom is 0.242 e. The van der Waals surface area contributed by atoms with Gasteiger partial charge in [-0.2, -0.15) is 0 Å². The second-order valence-electron chi connectivity index (χ2n) is 4.62. The lowest BCUT2D eigenvalue weighted by Crippen LogP contribution is -2.50. The lowest BCUT2D eigenvalue weighted by Gasteiger charge is -2.23. The minimum Gasteiger partial charge on any atom is -0.354 e. The van der Waals surface area contributed by atoms with Crippen molar-refractivity contribution in [3.8, 4) is 0 Å². The summed E-state index contributed by atoms with van der Waals surface area (Å²) >= 11 is 0. The topological polar surface area (TPSA) is 70.2 Å². The van der Waals surface area contributed by atoms with E-state index >= 15 is 0 Å². The second-order valence-corrected chi connectivity index (χ2v) is 4.62. The maximum absolute atomic E-state index is 11.7. The summed E-state index contributed by atoms with van der Waals surface area (Å²) in [5.74, 6) is 0.409. The summed E-state index contributed by atoms with van der Waals surface area (Å²) in [5.41, 5.74) is 0. The monoisotopic (exact) mass is 225 g/mol. The summed E-state index contributed by atoms with van der Waals surface area (Å²) in [6.45, 7) is 2.66. The third-order valence-electron chi connectivity index (χ3n) is 3.26. The zero-order valence-corrected chi connectivity index (χ0v) is 9.42. The molecule has 2 saturated heterocycles. The fourth-order valence-corrected chi connectivity index (χ4v) is 2.31. The molecule has 2 aliphatic rings. The lowest BCUT2D eigenvalue weighted by molar-refractivity contribution is -0.130. The van der Waals surface area contributed by atoms with Gasteiger partial charge in [0.2, 0.25) is 11.8 Å². The van der Waals surface area contributed by atoms with Crippen LogP contribution in [-0.4, -0.2) is 37.5 Å². The van der Waals surface area contributed by atoms with Crippen LogP contribution in [0.5, 0.6) is 0 Å². The van der Waals surface area contributed by atoms with Crippen LogP contribution in [0.1, 0.15) is 25.7 Å². The van der Waals surface area contributed by atoms with Crippen LogP contribution in [-0.2, 0) is 9.59 Å². The molecule has 2 fully saturated rings. The van der Waals surface area contributed by atoms with E-state index in [-0.39, 0.29) is 17.9 Å². The first-order valence-electron chi connectivity index (χ1n) is 6.03. The number of carbonyl (C=O) groups is 2. The van der Waals surface area contributed by atoms with Crippen LogP contribution >= 0.6 is 0 Å². The molecule has 2 atom stereocenters. The van der Waals surface area contributed by atoms with Gasteiger partial charge in [0, 0.05) is 13.0 Å². The van der Waals surface area contributed by atoms with E-state index in [0.717, 1.165) is 38.9 Å². The first-order valence-corrected chi connectivity index (χ1v) is 6.03. The van der Waals surface area contributed by atoms with Crippen molar-refractivity contribution in [2.24, 2.45) is 5.92 Å². The molecule has 2 rings (SSSR count). The Morgan fingerprint density at radius 3 is 2.94 bits per heavy atom. The number of carbonyl (C=O) groups excluding carboxylic acids is 2. The van der Waals surface area contributed by atoms with Gasteiger partial charge >= 0.3 is 0 Å². The molecular weight excluding hydrogens is 206 g/mol. The largest absolute Gasteiger partial charge is 0.354 e. The SMILES string of the molecule is O=C(CC1CCNC1)NC1CCCNC1=O. The van der Waals surface area contributed by atoms with Crippen molar-refractivity contribution in [2.75, 3.05) is 19.6 Å². The molecule has 0 aliphatic carbocycles. The zero-order valence-electron chi connectivity index (χ0n) is 9.42. The summed E-state index contributed by atoms with van der Waals surface area (Å²) in [6, 6.07) is -0.310. The Hall–Kier alpha value is -1.10. The maximum atomic E-state index is 11.7. The van der Waals surface area contributed by atoms with E-state index in [1.54, 1.807) is 0 Å². The fourth-order valence-electron chi connectivity index (χ4n) is 2.31. The van der Waals surface area contributed by atoms with Gasteiger partial charge in [-0.25, -0.2) is 0 Å². The van der Waals surface area contributed by atoms with Crippen LogP contribution in [0.25, 0.3) is 0 Å². The van der Waals surface area contributed by atoms with Crippen LogP contribution < -0.4 is 16.0 Å². The summed E-state index contributed by atoms with van der Waals surface area (Å²) in [4.78, 5) is 23.1. The second kappa shape index (κ2) is 5.30. The summed E-state index contributed by atoms with van der Waals surface area (Å²) in [7, 11) is 0. The van der Waals surface area contributed by atoms with Crippen molar-refractivity contribution in [3.05, 3.63) is 0 Å². The van der Waals surface area contributed by atoms with E-state index in [1.165, 1.54) is 0 Å². The smallest absolute Gasteiger partial charge is 0.242 e. The van der Waals surface area contributed by atoms with Gasteiger partial charge in [0.1, 0.15) is 6.04 Å². The van der Waals surface area contributed by atoms with Crippen molar-refractivity contribution >= 4 is 11.8 Å². The normalized spacial score (nSPS) is 29.9. The van der Waals surface area contributed by atoms with E-state index in [4.69, 9.17) is 0 Å². The molecule has 2 amide bonds. The van der Waals surface area contributed by atoms with Gasteiger partial charge in [-0.1, -0.05) is 0 Å². The molecule has 0 aromatic rings. The molecule has 0 bridgehead atoms. The average Bonchev–Trinajstić information content (AvgIpc) is 2.74. The van der Waals surface area contributed by atoms with Crippen LogP contribution in [0.2, 0.25) is 0 Å². The van der Waals surface area contributed by atoms with Gasteiger partial charge in [-0.3, -0.25) is 9.59 Å². The summed E-state index contributed by atoms with van der Waals surface area (Å²) < 4.78 is 0. The van der Waals surface area contributed by atoms with Crippen molar-refractivity contribution in [2.45, 2.75) is 31.7 Å². The molecule has 2 unspecified atom stereocenters. The standard InChI is InChI=1S/C11H19N3O2/c15-10(6-8-3-5-12-7-8)14-9-2-1-4-13-11(9)16/h8-9,12H,1-7H2,(H,13,16)(H,14,15). The molecule has 0 spiro atoms. The summed E-state index contributed by atoms with van der Waals surface area (Å²) in [6.07, 6.45) is 3.31. The third-order valence-corrected chi connectivity index (χ3v) is 3.26. The predicted octanol–water partition coefficient (Wildman–Crippen LogP) is -0.619. The fraction of sp³-hybridized carbons (Fsp3) is 0.818. The highest BCUT2D eigenvalue weighted by Crippen LogP contribution is 2.12. The molecule has 0 aromatic heterocycles. The Morgan fingerprint density at radius 2 is 2.25 bits per heavy atom. The average molecular weight is 225 g/mol. The van der Waals surface area contributed by atoms with Gasteiger partial charge < -0.3 is 16.0 Å². The van der Waals surface area contributed by atoms with E-state index in [9.17, 15) is 9.59 Å². The van der Waals surface area contributed by atoms with Crippen LogP contribution in [0.4, 0.5) is 0 Å². The number of amides is 2. The van der Waals surface area contributed by atoms with Crippen molar-refractivity contribution < 1.29 is 9.59 Å². The van der Waals surface area contributed by atoms with Crippen LogP contribution in [0.3, 0.4) is 0 Å². The quantitative estimate of drug-likeness (QED) is 0.599. The van der Waals surface area contributed by atoms with Gasteiger partial charge in [0.15, 0.2) is 0 Å². The van der Waals surface area contributed by atoms with E-state index in [2.05, 4.69) is 16.0 Å². The highest BCUT2D eigenvalue weighted by molar-refractivity contribution is 5.88. The van der Waals surface area contributed by atoms with Gasteiger partial charge in [0.05, 0.1) is 0 Å². The van der Waals surface area contributed by atoms with Gasteiger partial charge in [-0.05, 0) is 38.3 Å². The number of piperidine rings is 1. The Bertz CT molecular complexity index is 274. The highest BCUT2D eigenvalue weighted by Gasteiger charge is 2.25. The molecule has 5 nitrogen and oxygen atoms in total. The Labute approximate surface area is 95.3 Å². The number of rotatable bonds is 3. The number of hydrogen-bond acceptors (Lipinski definition) is 3. The first kappa shape index (κ1) is 11.4. The Balaban J connectivity index is 1.75. The minimum absolute atomic E-state index is 0.00995. The van der Waals surface area contributed by atoms with Crippen molar-refractivity contribution in [1.29, 1.82) is 0 Å². The predicted molar refractivity (Wildman–Crippen MR) is 59.8 cm³/mol.